The Morgan fingerprint density at radius 3 is 2.54 bits per heavy atom. The summed E-state index contributed by atoms with van der Waals surface area (Å²) in [7, 11) is 1.51. The minimum absolute atomic E-state index is 0.501. The topological polar surface area (TPSA) is 29.5 Å². The number of hydrogen-bond donors (Lipinski definition) is 0. The molecule has 0 heterocycles. The van der Waals surface area contributed by atoms with Crippen molar-refractivity contribution in [2.24, 2.45) is 0 Å². The molecule has 0 aliphatic carbocycles. The smallest absolute Gasteiger partial charge is 0.219 e. The summed E-state index contributed by atoms with van der Waals surface area (Å²) in [6.45, 7) is 3.50. The summed E-state index contributed by atoms with van der Waals surface area (Å²) in [5.74, 6) is 2.40. The van der Waals surface area contributed by atoms with Crippen LogP contribution in [-0.4, -0.2) is 18.4 Å². The molecule has 70 valence electrons. The van der Waals surface area contributed by atoms with Gasteiger partial charge in [-0.1, -0.05) is 12.0 Å². The van der Waals surface area contributed by atoms with Gasteiger partial charge in [-0.3, -0.25) is 9.69 Å². The highest BCUT2D eigenvalue weighted by Gasteiger charge is 2.06. The van der Waals surface area contributed by atoms with E-state index in [2.05, 4.69) is 5.92 Å². The molecule has 3 nitrogen and oxygen atoms in total. The lowest BCUT2D eigenvalue weighted by Crippen LogP contribution is -2.18. The molecule has 3 heteroatoms. The molecule has 0 aliphatic heterocycles. The second-order valence-electron chi connectivity index (χ2n) is 2.29. The zero-order chi connectivity index (χ0) is 10.3. The Hall–Kier alpha value is -1.69. The molecule has 0 unspecified atom stereocenters. The zero-order valence-corrected chi connectivity index (χ0v) is 8.07. The number of nitrogens with zero attached hydrogens (tertiary/aromatic N) is 1. The summed E-state index contributed by atoms with van der Waals surface area (Å²) in [6, 6.07) is 0. The van der Waals surface area contributed by atoms with Crippen LogP contribution >= 0.6 is 0 Å². The molecular formula is C10H13NO2. The van der Waals surface area contributed by atoms with Crippen molar-refractivity contribution in [1.82, 2.24) is 4.90 Å². The van der Waals surface area contributed by atoms with Crippen molar-refractivity contribution in [3.8, 4) is 12.3 Å². The number of rotatable bonds is 4. The Labute approximate surface area is 78.7 Å². The molecule has 0 rings (SSSR count). The number of ether oxygens (including phenoxy) is 1. The molecule has 0 aromatic rings. The van der Waals surface area contributed by atoms with Crippen LogP contribution in [0.1, 0.15) is 13.8 Å². The fourth-order valence-corrected chi connectivity index (χ4v) is 0.849. The first-order valence-electron chi connectivity index (χ1n) is 3.78. The number of carbonyl (C=O) groups excluding carboxylic acids is 1. The molecule has 0 aromatic heterocycles. The van der Waals surface area contributed by atoms with Crippen LogP contribution in [0.3, 0.4) is 0 Å². The van der Waals surface area contributed by atoms with E-state index in [1.54, 1.807) is 19.9 Å². The monoisotopic (exact) mass is 179 g/mol. The highest BCUT2D eigenvalue weighted by Crippen LogP contribution is 2.08. The van der Waals surface area contributed by atoms with Gasteiger partial charge in [0.25, 0.3) is 0 Å². The molecule has 1 amide bonds. The van der Waals surface area contributed by atoms with E-state index in [4.69, 9.17) is 11.2 Å². The Balaban J connectivity index is 4.82. The molecule has 0 spiro atoms. The molecule has 0 radical (unpaired) electrons. The highest BCUT2D eigenvalue weighted by atomic mass is 16.5. The quantitative estimate of drug-likeness (QED) is 0.372. The fourth-order valence-electron chi connectivity index (χ4n) is 0.849. The van der Waals surface area contributed by atoms with Crippen molar-refractivity contribution in [3.63, 3.8) is 0 Å². The third-order valence-corrected chi connectivity index (χ3v) is 1.45. The minimum Gasteiger partial charge on any atom is -0.503 e. The van der Waals surface area contributed by atoms with Crippen molar-refractivity contribution >= 4 is 6.41 Å². The summed E-state index contributed by atoms with van der Waals surface area (Å²) in [5.41, 5.74) is 1.14. The lowest BCUT2D eigenvalue weighted by atomic mass is 10.3. The summed E-state index contributed by atoms with van der Waals surface area (Å²) in [4.78, 5) is 12.0. The maximum absolute atomic E-state index is 10.7. The third-order valence-electron chi connectivity index (χ3n) is 1.45. The van der Waals surface area contributed by atoms with Gasteiger partial charge < -0.3 is 4.74 Å². The SMILES string of the molecule is C#C/C(=C\C)N(C=O)C(C)=COC. The summed E-state index contributed by atoms with van der Waals surface area (Å²) >= 11 is 0. The molecule has 0 fully saturated rings. The van der Waals surface area contributed by atoms with Gasteiger partial charge in [-0.2, -0.15) is 0 Å². The second kappa shape index (κ2) is 5.90. The Bertz CT molecular complexity index is 271. The first-order valence-corrected chi connectivity index (χ1v) is 3.78. The van der Waals surface area contributed by atoms with E-state index in [0.29, 0.717) is 17.8 Å². The van der Waals surface area contributed by atoms with Crippen LogP contribution < -0.4 is 0 Å². The highest BCUT2D eigenvalue weighted by molar-refractivity contribution is 5.57. The molecule has 0 bridgehead atoms. The van der Waals surface area contributed by atoms with Crippen LogP contribution in [0.25, 0.3) is 0 Å². The number of hydrogen-bond acceptors (Lipinski definition) is 2. The molecule has 0 N–H and O–H groups in total. The van der Waals surface area contributed by atoms with Crippen molar-refractivity contribution in [2.75, 3.05) is 7.11 Å². The van der Waals surface area contributed by atoms with Crippen LogP contribution in [0.5, 0.6) is 0 Å². The summed E-state index contributed by atoms with van der Waals surface area (Å²) in [5, 5.41) is 0. The number of methoxy groups -OCH3 is 1. The number of terminal acetylenes is 1. The van der Waals surface area contributed by atoms with E-state index in [1.807, 2.05) is 0 Å². The second-order valence-corrected chi connectivity index (χ2v) is 2.29. The van der Waals surface area contributed by atoms with E-state index < -0.39 is 0 Å². The van der Waals surface area contributed by atoms with E-state index in [-0.39, 0.29) is 0 Å². The largest absolute Gasteiger partial charge is 0.503 e. The molecule has 0 saturated carbocycles. The Kier molecular flexibility index (Phi) is 5.13. The maximum atomic E-state index is 10.7. The van der Waals surface area contributed by atoms with E-state index >= 15 is 0 Å². The van der Waals surface area contributed by atoms with Gasteiger partial charge in [0, 0.05) is 0 Å². The van der Waals surface area contributed by atoms with Crippen molar-refractivity contribution in [2.45, 2.75) is 13.8 Å². The predicted molar refractivity (Wildman–Crippen MR) is 51.3 cm³/mol. The van der Waals surface area contributed by atoms with Gasteiger partial charge in [0.15, 0.2) is 0 Å². The van der Waals surface area contributed by atoms with Crippen LogP contribution in [0.4, 0.5) is 0 Å². The van der Waals surface area contributed by atoms with Crippen molar-refractivity contribution in [3.05, 3.63) is 23.7 Å². The fraction of sp³-hybridized carbons (Fsp3) is 0.300. The summed E-state index contributed by atoms with van der Waals surface area (Å²) < 4.78 is 4.77. The van der Waals surface area contributed by atoms with Crippen LogP contribution in [-0.2, 0) is 9.53 Å². The lowest BCUT2D eigenvalue weighted by molar-refractivity contribution is -0.114. The maximum Gasteiger partial charge on any atom is 0.219 e. The molecule has 0 aromatic carbocycles. The van der Waals surface area contributed by atoms with Gasteiger partial charge >= 0.3 is 0 Å². The van der Waals surface area contributed by atoms with Crippen molar-refractivity contribution in [1.29, 1.82) is 0 Å². The minimum atomic E-state index is 0.501. The predicted octanol–water partition coefficient (Wildman–Crippen LogP) is 1.49. The summed E-state index contributed by atoms with van der Waals surface area (Å²) in [6.07, 6.45) is 9.00. The van der Waals surface area contributed by atoms with Gasteiger partial charge in [-0.05, 0) is 13.8 Å². The van der Waals surface area contributed by atoms with E-state index in [1.165, 1.54) is 18.3 Å². The van der Waals surface area contributed by atoms with Gasteiger partial charge in [0.1, 0.15) is 6.26 Å². The van der Waals surface area contributed by atoms with Crippen LogP contribution in [0.15, 0.2) is 23.7 Å². The third kappa shape index (κ3) is 3.04. The average molecular weight is 179 g/mol. The molecule has 0 atom stereocenters. The van der Waals surface area contributed by atoms with Gasteiger partial charge in [-0.25, -0.2) is 0 Å². The lowest BCUT2D eigenvalue weighted by Gasteiger charge is -2.16. The van der Waals surface area contributed by atoms with E-state index in [0.717, 1.165) is 0 Å². The van der Waals surface area contributed by atoms with E-state index in [9.17, 15) is 4.79 Å². The zero-order valence-electron chi connectivity index (χ0n) is 8.07. The first kappa shape index (κ1) is 11.3. The van der Waals surface area contributed by atoms with Crippen LogP contribution in [0, 0.1) is 12.3 Å². The number of amides is 1. The molecule has 13 heavy (non-hydrogen) atoms. The molecule has 0 saturated heterocycles. The van der Waals surface area contributed by atoms with Gasteiger partial charge in [0.05, 0.1) is 18.5 Å². The average Bonchev–Trinajstić information content (AvgIpc) is 2.14. The van der Waals surface area contributed by atoms with Crippen molar-refractivity contribution < 1.29 is 9.53 Å². The van der Waals surface area contributed by atoms with Crippen LogP contribution in [0.2, 0.25) is 0 Å². The van der Waals surface area contributed by atoms with Gasteiger partial charge in [-0.15, -0.1) is 6.42 Å². The van der Waals surface area contributed by atoms with Gasteiger partial charge in [0.2, 0.25) is 6.41 Å². The Morgan fingerprint density at radius 1 is 1.62 bits per heavy atom. The number of carbonyl (C=O) groups is 1. The first-order chi connectivity index (χ1) is 6.21. The molecular weight excluding hydrogens is 166 g/mol. The Morgan fingerprint density at radius 2 is 2.23 bits per heavy atom. The number of allylic oxidation sites excluding steroid dienone is 3. The normalized spacial score (nSPS) is 11.8. The standard InChI is InChI=1S/C10H13NO2/c1-5-10(6-2)11(8-12)9(3)7-13-4/h1,6-8H,2-4H3/b9-7?,10-6+. The molecule has 0 aliphatic rings.